The number of amides is 3. The lowest BCUT2D eigenvalue weighted by Crippen LogP contribution is -2.53. The second-order valence-corrected chi connectivity index (χ2v) is 8.36. The van der Waals surface area contributed by atoms with Gasteiger partial charge in [0, 0.05) is 26.1 Å². The lowest BCUT2D eigenvalue weighted by atomic mass is 9.94. The third kappa shape index (κ3) is 5.17. The molecular formula is C24H31N3O3. The molecular weight excluding hydrogens is 378 g/mol. The van der Waals surface area contributed by atoms with Crippen molar-refractivity contribution in [1.82, 2.24) is 15.5 Å². The predicted molar refractivity (Wildman–Crippen MR) is 118 cm³/mol. The molecule has 2 aromatic rings. The Balaban J connectivity index is 1.61. The highest BCUT2D eigenvalue weighted by Gasteiger charge is 2.32. The summed E-state index contributed by atoms with van der Waals surface area (Å²) >= 11 is 0. The summed E-state index contributed by atoms with van der Waals surface area (Å²) in [7, 11) is 1.64. The molecule has 1 heterocycles. The van der Waals surface area contributed by atoms with E-state index in [1.807, 2.05) is 56.3 Å². The van der Waals surface area contributed by atoms with Crippen LogP contribution >= 0.6 is 0 Å². The van der Waals surface area contributed by atoms with Gasteiger partial charge in [-0.15, -0.1) is 0 Å². The summed E-state index contributed by atoms with van der Waals surface area (Å²) in [5.41, 5.74) is 0.924. The largest absolute Gasteiger partial charge is 0.359 e. The van der Waals surface area contributed by atoms with Crippen molar-refractivity contribution in [1.29, 1.82) is 0 Å². The van der Waals surface area contributed by atoms with Crippen LogP contribution in [0.4, 0.5) is 0 Å². The lowest BCUT2D eigenvalue weighted by molar-refractivity contribution is -0.140. The number of hydrogen-bond donors (Lipinski definition) is 2. The topological polar surface area (TPSA) is 78.5 Å². The first-order chi connectivity index (χ1) is 14.4. The first-order valence-electron chi connectivity index (χ1n) is 10.7. The quantitative estimate of drug-likeness (QED) is 0.770. The molecule has 0 aliphatic carbocycles. The Labute approximate surface area is 178 Å². The summed E-state index contributed by atoms with van der Waals surface area (Å²) < 4.78 is 0. The Hall–Kier alpha value is -2.89. The number of rotatable bonds is 6. The molecule has 0 spiro atoms. The van der Waals surface area contributed by atoms with Crippen LogP contribution in [0.25, 0.3) is 10.8 Å². The van der Waals surface area contributed by atoms with E-state index in [1.54, 1.807) is 11.9 Å². The van der Waals surface area contributed by atoms with E-state index >= 15 is 0 Å². The van der Waals surface area contributed by atoms with Crippen LogP contribution in [0.1, 0.15) is 32.3 Å². The average molecular weight is 410 g/mol. The van der Waals surface area contributed by atoms with Crippen LogP contribution in [0.15, 0.2) is 42.5 Å². The third-order valence-electron chi connectivity index (χ3n) is 5.85. The maximum atomic E-state index is 13.1. The van der Waals surface area contributed by atoms with Gasteiger partial charge in [-0.05, 0) is 35.1 Å². The summed E-state index contributed by atoms with van der Waals surface area (Å²) in [6.07, 6.45) is 1.54. The van der Waals surface area contributed by atoms with Crippen LogP contribution in [-0.4, -0.2) is 48.8 Å². The molecule has 1 aliphatic heterocycles. The molecule has 2 aromatic carbocycles. The van der Waals surface area contributed by atoms with E-state index in [2.05, 4.69) is 10.6 Å². The highest BCUT2D eigenvalue weighted by molar-refractivity contribution is 5.90. The van der Waals surface area contributed by atoms with Crippen LogP contribution in [0, 0.1) is 11.8 Å². The molecule has 2 N–H and O–H groups in total. The number of carbonyl (C=O) groups is 3. The van der Waals surface area contributed by atoms with Gasteiger partial charge in [0.25, 0.3) is 0 Å². The molecule has 1 unspecified atom stereocenters. The Morgan fingerprint density at radius 2 is 1.70 bits per heavy atom. The van der Waals surface area contributed by atoms with Gasteiger partial charge in [0.2, 0.25) is 17.7 Å². The van der Waals surface area contributed by atoms with Gasteiger partial charge >= 0.3 is 0 Å². The molecule has 0 aromatic heterocycles. The fourth-order valence-corrected chi connectivity index (χ4v) is 4.04. The van der Waals surface area contributed by atoms with E-state index in [4.69, 9.17) is 0 Å². The number of likely N-dealkylation sites (tertiary alicyclic amines) is 1. The number of fused-ring (bicyclic) bond motifs is 1. The summed E-state index contributed by atoms with van der Waals surface area (Å²) in [6, 6.07) is 13.5. The molecule has 30 heavy (non-hydrogen) atoms. The van der Waals surface area contributed by atoms with Crippen molar-refractivity contribution in [3.05, 3.63) is 48.0 Å². The zero-order valence-corrected chi connectivity index (χ0v) is 18.0. The van der Waals surface area contributed by atoms with E-state index in [-0.39, 0.29) is 36.0 Å². The van der Waals surface area contributed by atoms with Crippen LogP contribution in [-0.2, 0) is 20.8 Å². The molecule has 0 radical (unpaired) electrons. The summed E-state index contributed by atoms with van der Waals surface area (Å²) in [6.45, 7) is 4.97. The van der Waals surface area contributed by atoms with Gasteiger partial charge in [0.05, 0.1) is 6.42 Å². The van der Waals surface area contributed by atoms with Crippen LogP contribution in [0.2, 0.25) is 0 Å². The predicted octanol–water partition coefficient (Wildman–Crippen LogP) is 2.51. The highest BCUT2D eigenvalue weighted by Crippen LogP contribution is 2.20. The van der Waals surface area contributed by atoms with E-state index in [1.165, 1.54) is 0 Å². The molecule has 1 saturated heterocycles. The van der Waals surface area contributed by atoms with E-state index < -0.39 is 6.04 Å². The summed E-state index contributed by atoms with van der Waals surface area (Å²) in [4.78, 5) is 39.3. The van der Waals surface area contributed by atoms with Crippen LogP contribution in [0.3, 0.4) is 0 Å². The van der Waals surface area contributed by atoms with Gasteiger partial charge < -0.3 is 15.5 Å². The Morgan fingerprint density at radius 1 is 1.03 bits per heavy atom. The zero-order chi connectivity index (χ0) is 21.7. The number of nitrogens with zero attached hydrogens (tertiary/aromatic N) is 1. The monoisotopic (exact) mass is 409 g/mol. The number of piperidine rings is 1. The van der Waals surface area contributed by atoms with Gasteiger partial charge in [-0.2, -0.15) is 0 Å². The minimum atomic E-state index is -0.561. The van der Waals surface area contributed by atoms with Gasteiger partial charge in [-0.1, -0.05) is 56.3 Å². The third-order valence-corrected chi connectivity index (χ3v) is 5.85. The molecule has 0 saturated carbocycles. The maximum absolute atomic E-state index is 13.1. The van der Waals surface area contributed by atoms with Crippen LogP contribution < -0.4 is 10.6 Å². The number of nitrogens with one attached hydrogen (secondary N) is 2. The first-order valence-corrected chi connectivity index (χ1v) is 10.7. The fraction of sp³-hybridized carbons (Fsp3) is 0.458. The first kappa shape index (κ1) is 21.8. The van der Waals surface area contributed by atoms with Gasteiger partial charge in [-0.3, -0.25) is 14.4 Å². The Morgan fingerprint density at radius 3 is 2.33 bits per heavy atom. The maximum Gasteiger partial charge on any atom is 0.245 e. The molecule has 1 atom stereocenters. The van der Waals surface area contributed by atoms with Crippen molar-refractivity contribution in [2.45, 2.75) is 39.2 Å². The highest BCUT2D eigenvalue weighted by atomic mass is 16.2. The zero-order valence-electron chi connectivity index (χ0n) is 18.0. The Kier molecular flexibility index (Phi) is 7.08. The standard InChI is InChI=1S/C24H31N3O3/c1-16(2)22(24(30)27-12-10-19(11-13-27)23(29)25-3)26-21(28)15-17-8-9-18-6-4-5-7-20(18)14-17/h4-9,14,16,19,22H,10-13,15H2,1-3H3,(H,25,29)(H,26,28). The molecule has 1 fully saturated rings. The fourth-order valence-electron chi connectivity index (χ4n) is 4.04. The average Bonchev–Trinajstić information content (AvgIpc) is 2.76. The van der Waals surface area contributed by atoms with E-state index in [9.17, 15) is 14.4 Å². The normalized spacial score (nSPS) is 15.8. The molecule has 0 bridgehead atoms. The van der Waals surface area contributed by atoms with E-state index in [0.29, 0.717) is 25.9 Å². The number of carbonyl (C=O) groups excluding carboxylic acids is 3. The molecule has 1 aliphatic rings. The molecule has 6 nitrogen and oxygen atoms in total. The van der Waals surface area contributed by atoms with Crippen molar-refractivity contribution in [3.8, 4) is 0 Å². The number of benzene rings is 2. The SMILES string of the molecule is CNC(=O)C1CCN(C(=O)C(NC(=O)Cc2ccc3ccccc3c2)C(C)C)CC1. The second kappa shape index (κ2) is 9.74. The van der Waals surface area contributed by atoms with Gasteiger partial charge in [0.1, 0.15) is 6.04 Å². The van der Waals surface area contributed by atoms with Crippen molar-refractivity contribution in [3.63, 3.8) is 0 Å². The Bertz CT molecular complexity index is 917. The number of hydrogen-bond acceptors (Lipinski definition) is 3. The molecule has 3 rings (SSSR count). The van der Waals surface area contributed by atoms with Crippen molar-refractivity contribution >= 4 is 28.5 Å². The summed E-state index contributed by atoms with van der Waals surface area (Å²) in [5, 5.41) is 7.86. The second-order valence-electron chi connectivity index (χ2n) is 8.36. The summed E-state index contributed by atoms with van der Waals surface area (Å²) in [5.74, 6) is -0.246. The molecule has 6 heteroatoms. The van der Waals surface area contributed by atoms with Crippen LogP contribution in [0.5, 0.6) is 0 Å². The smallest absolute Gasteiger partial charge is 0.245 e. The molecule has 3 amide bonds. The van der Waals surface area contributed by atoms with Gasteiger partial charge in [-0.25, -0.2) is 0 Å². The lowest BCUT2D eigenvalue weighted by Gasteiger charge is -2.34. The van der Waals surface area contributed by atoms with E-state index in [0.717, 1.165) is 16.3 Å². The van der Waals surface area contributed by atoms with Crippen molar-refractivity contribution in [2.75, 3.05) is 20.1 Å². The molecule has 160 valence electrons. The minimum Gasteiger partial charge on any atom is -0.359 e. The van der Waals surface area contributed by atoms with Gasteiger partial charge in [0.15, 0.2) is 0 Å². The van der Waals surface area contributed by atoms with Crippen molar-refractivity contribution in [2.24, 2.45) is 11.8 Å². The minimum absolute atomic E-state index is 0.0188. The van der Waals surface area contributed by atoms with Crippen molar-refractivity contribution < 1.29 is 14.4 Å².